The SMILES string of the molecule is COCCc1ccc(C(Br)Cc2ccc(F)cc2F)cc1. The molecule has 2 rings (SSSR count). The number of ether oxygens (including phenoxy) is 1. The molecule has 0 bridgehead atoms. The van der Waals surface area contributed by atoms with Crippen molar-refractivity contribution in [1.29, 1.82) is 0 Å². The third-order valence-corrected chi connectivity index (χ3v) is 4.20. The standard InChI is InChI=1S/C17H17BrF2O/c1-21-9-8-12-2-4-13(5-3-12)16(18)10-14-6-7-15(19)11-17(14)20/h2-7,11,16H,8-10H2,1H3. The molecular formula is C17H17BrF2O. The Morgan fingerprint density at radius 1 is 1.10 bits per heavy atom. The fourth-order valence-electron chi connectivity index (χ4n) is 2.11. The molecule has 1 unspecified atom stereocenters. The van der Waals surface area contributed by atoms with Crippen LogP contribution in [0.1, 0.15) is 21.5 Å². The third kappa shape index (κ3) is 4.61. The first kappa shape index (κ1) is 16.1. The zero-order chi connectivity index (χ0) is 15.2. The van der Waals surface area contributed by atoms with E-state index in [4.69, 9.17) is 4.74 Å². The largest absolute Gasteiger partial charge is 0.384 e. The van der Waals surface area contributed by atoms with Gasteiger partial charge in [-0.3, -0.25) is 0 Å². The molecule has 0 radical (unpaired) electrons. The molecule has 4 heteroatoms. The van der Waals surface area contributed by atoms with E-state index < -0.39 is 11.6 Å². The second-order valence-corrected chi connectivity index (χ2v) is 6.00. The lowest BCUT2D eigenvalue weighted by molar-refractivity contribution is 0.202. The van der Waals surface area contributed by atoms with Crippen molar-refractivity contribution in [1.82, 2.24) is 0 Å². The second kappa shape index (κ2) is 7.66. The van der Waals surface area contributed by atoms with E-state index >= 15 is 0 Å². The number of benzene rings is 2. The van der Waals surface area contributed by atoms with Gasteiger partial charge in [0.1, 0.15) is 11.6 Å². The van der Waals surface area contributed by atoms with Crippen molar-refractivity contribution in [3.63, 3.8) is 0 Å². The van der Waals surface area contributed by atoms with E-state index in [9.17, 15) is 8.78 Å². The first-order valence-corrected chi connectivity index (χ1v) is 7.67. The predicted octanol–water partition coefficient (Wildman–Crippen LogP) is 4.83. The molecule has 0 aliphatic heterocycles. The van der Waals surface area contributed by atoms with Gasteiger partial charge in [-0.15, -0.1) is 0 Å². The molecule has 1 atom stereocenters. The van der Waals surface area contributed by atoms with Gasteiger partial charge in [0.15, 0.2) is 0 Å². The summed E-state index contributed by atoms with van der Waals surface area (Å²) < 4.78 is 31.6. The Morgan fingerprint density at radius 3 is 2.43 bits per heavy atom. The number of halogens is 3. The van der Waals surface area contributed by atoms with E-state index in [1.165, 1.54) is 17.7 Å². The molecule has 0 saturated carbocycles. The van der Waals surface area contributed by atoms with Crippen LogP contribution in [0.15, 0.2) is 42.5 Å². The molecule has 0 aromatic heterocycles. The Bertz CT molecular complexity index is 584. The quantitative estimate of drug-likeness (QED) is 0.675. The highest BCUT2D eigenvalue weighted by atomic mass is 79.9. The Morgan fingerprint density at radius 2 is 1.81 bits per heavy atom. The minimum atomic E-state index is -0.551. The van der Waals surface area contributed by atoms with Gasteiger partial charge in [0, 0.05) is 18.0 Å². The van der Waals surface area contributed by atoms with Gasteiger partial charge in [-0.25, -0.2) is 8.78 Å². The first-order chi connectivity index (χ1) is 10.1. The highest BCUT2D eigenvalue weighted by Crippen LogP contribution is 2.28. The summed E-state index contributed by atoms with van der Waals surface area (Å²) in [5, 5.41) is 0. The number of methoxy groups -OCH3 is 1. The summed E-state index contributed by atoms with van der Waals surface area (Å²) >= 11 is 3.57. The molecule has 0 amide bonds. The second-order valence-electron chi connectivity index (χ2n) is 4.89. The first-order valence-electron chi connectivity index (χ1n) is 6.76. The van der Waals surface area contributed by atoms with Gasteiger partial charge < -0.3 is 4.74 Å². The van der Waals surface area contributed by atoms with E-state index in [1.54, 1.807) is 7.11 Å². The molecule has 2 aromatic carbocycles. The predicted molar refractivity (Wildman–Crippen MR) is 83.8 cm³/mol. The maximum atomic E-state index is 13.7. The lowest BCUT2D eigenvalue weighted by atomic mass is 10.0. The van der Waals surface area contributed by atoms with Crippen LogP contribution in [0.3, 0.4) is 0 Å². The van der Waals surface area contributed by atoms with E-state index in [2.05, 4.69) is 15.9 Å². The fraction of sp³-hybridized carbons (Fsp3) is 0.294. The molecule has 0 spiro atoms. The van der Waals surface area contributed by atoms with Crippen molar-refractivity contribution in [3.05, 3.63) is 70.8 Å². The van der Waals surface area contributed by atoms with Gasteiger partial charge in [-0.1, -0.05) is 46.3 Å². The van der Waals surface area contributed by atoms with Gasteiger partial charge in [-0.05, 0) is 35.6 Å². The molecule has 112 valence electrons. The van der Waals surface area contributed by atoms with Crippen LogP contribution < -0.4 is 0 Å². The van der Waals surface area contributed by atoms with E-state index in [-0.39, 0.29) is 4.83 Å². The molecule has 0 saturated heterocycles. The van der Waals surface area contributed by atoms with Gasteiger partial charge >= 0.3 is 0 Å². The zero-order valence-electron chi connectivity index (χ0n) is 11.8. The molecule has 0 N–H and O–H groups in total. The maximum Gasteiger partial charge on any atom is 0.129 e. The van der Waals surface area contributed by atoms with Crippen molar-refractivity contribution in [2.24, 2.45) is 0 Å². The summed E-state index contributed by atoms with van der Waals surface area (Å²) in [6.45, 7) is 0.692. The van der Waals surface area contributed by atoms with Crippen LogP contribution >= 0.6 is 15.9 Å². The van der Waals surface area contributed by atoms with Crippen LogP contribution in [0, 0.1) is 11.6 Å². The van der Waals surface area contributed by atoms with Crippen molar-refractivity contribution in [3.8, 4) is 0 Å². The number of hydrogen-bond donors (Lipinski definition) is 0. The molecule has 0 heterocycles. The average molecular weight is 355 g/mol. The molecule has 2 aromatic rings. The van der Waals surface area contributed by atoms with Crippen molar-refractivity contribution >= 4 is 15.9 Å². The van der Waals surface area contributed by atoms with Crippen LogP contribution in [-0.4, -0.2) is 13.7 Å². The van der Waals surface area contributed by atoms with Gasteiger partial charge in [0.05, 0.1) is 6.61 Å². The summed E-state index contributed by atoms with van der Waals surface area (Å²) in [7, 11) is 1.68. The van der Waals surface area contributed by atoms with Gasteiger partial charge in [0.2, 0.25) is 0 Å². The molecule has 0 fully saturated rings. The number of rotatable bonds is 6. The summed E-state index contributed by atoms with van der Waals surface area (Å²) in [6, 6.07) is 11.8. The van der Waals surface area contributed by atoms with E-state index in [1.807, 2.05) is 24.3 Å². The normalized spacial score (nSPS) is 12.4. The van der Waals surface area contributed by atoms with Crippen LogP contribution in [0.4, 0.5) is 8.78 Å². The van der Waals surface area contributed by atoms with Crippen LogP contribution in [-0.2, 0) is 17.6 Å². The highest BCUT2D eigenvalue weighted by molar-refractivity contribution is 9.09. The number of hydrogen-bond acceptors (Lipinski definition) is 1. The zero-order valence-corrected chi connectivity index (χ0v) is 13.4. The Labute approximate surface area is 132 Å². The average Bonchev–Trinajstić information content (AvgIpc) is 2.48. The molecule has 21 heavy (non-hydrogen) atoms. The number of alkyl halides is 1. The Balaban J connectivity index is 2.04. The lowest BCUT2D eigenvalue weighted by Gasteiger charge is -2.12. The fourth-order valence-corrected chi connectivity index (χ4v) is 2.77. The molecule has 0 aliphatic rings. The monoisotopic (exact) mass is 354 g/mol. The topological polar surface area (TPSA) is 9.23 Å². The summed E-state index contributed by atoms with van der Waals surface area (Å²) in [5.74, 6) is -1.05. The van der Waals surface area contributed by atoms with Gasteiger partial charge in [-0.2, -0.15) is 0 Å². The Hall–Kier alpha value is -1.26. The molecule has 1 nitrogen and oxygen atoms in total. The summed E-state index contributed by atoms with van der Waals surface area (Å²) in [6.07, 6.45) is 1.35. The highest BCUT2D eigenvalue weighted by Gasteiger charge is 2.12. The summed E-state index contributed by atoms with van der Waals surface area (Å²) in [4.78, 5) is -0.00561. The van der Waals surface area contributed by atoms with E-state index in [0.717, 1.165) is 18.1 Å². The maximum absolute atomic E-state index is 13.7. The molecular weight excluding hydrogens is 338 g/mol. The third-order valence-electron chi connectivity index (χ3n) is 3.35. The van der Waals surface area contributed by atoms with Crippen LogP contribution in [0.25, 0.3) is 0 Å². The van der Waals surface area contributed by atoms with Gasteiger partial charge in [0.25, 0.3) is 0 Å². The van der Waals surface area contributed by atoms with Crippen LogP contribution in [0.5, 0.6) is 0 Å². The molecule has 0 aliphatic carbocycles. The lowest BCUT2D eigenvalue weighted by Crippen LogP contribution is -2.00. The minimum Gasteiger partial charge on any atom is -0.384 e. The van der Waals surface area contributed by atoms with Crippen molar-refractivity contribution in [2.75, 3.05) is 13.7 Å². The van der Waals surface area contributed by atoms with E-state index in [0.29, 0.717) is 18.6 Å². The minimum absolute atomic E-state index is 0.00561. The van der Waals surface area contributed by atoms with Crippen LogP contribution in [0.2, 0.25) is 0 Å². The summed E-state index contributed by atoms with van der Waals surface area (Å²) in [5.41, 5.74) is 2.77. The smallest absolute Gasteiger partial charge is 0.129 e. The Kier molecular flexibility index (Phi) is 5.88. The van der Waals surface area contributed by atoms with Crippen molar-refractivity contribution in [2.45, 2.75) is 17.7 Å². The van der Waals surface area contributed by atoms with Crippen molar-refractivity contribution < 1.29 is 13.5 Å².